The molecule has 0 spiro atoms. The monoisotopic (exact) mass is 223 g/mol. The second-order valence-electron chi connectivity index (χ2n) is 4.51. The number of rotatable bonds is 6. The van der Waals surface area contributed by atoms with Gasteiger partial charge in [0.05, 0.1) is 0 Å². The molecule has 1 rings (SSSR count). The summed E-state index contributed by atoms with van der Waals surface area (Å²) in [7, 11) is 0. The van der Waals surface area contributed by atoms with Crippen LogP contribution in [0.1, 0.15) is 37.3 Å². The fraction of sp³-hybridized carbons (Fsp3) is 0.571. The lowest BCUT2D eigenvalue weighted by molar-refractivity contribution is 0.447. The van der Waals surface area contributed by atoms with Crippen molar-refractivity contribution in [2.75, 3.05) is 6.54 Å². The Hall–Kier alpha value is -0.890. The van der Waals surface area contributed by atoms with E-state index in [0.29, 0.717) is 5.92 Å². The maximum Gasteiger partial charge on any atom is 0.123 e. The van der Waals surface area contributed by atoms with Crippen LogP contribution in [-0.4, -0.2) is 6.54 Å². The molecule has 2 heteroatoms. The van der Waals surface area contributed by atoms with Gasteiger partial charge in [-0.15, -0.1) is 0 Å². The molecular formula is C14H22FN. The number of hydrogen-bond donors (Lipinski definition) is 1. The largest absolute Gasteiger partial charge is 0.330 e. The second-order valence-corrected chi connectivity index (χ2v) is 4.51. The lowest BCUT2D eigenvalue weighted by Gasteiger charge is -2.16. The Balaban J connectivity index is 2.71. The van der Waals surface area contributed by atoms with E-state index in [-0.39, 0.29) is 5.82 Å². The number of halogens is 1. The Bertz CT molecular complexity index is 317. The van der Waals surface area contributed by atoms with E-state index in [2.05, 4.69) is 6.92 Å². The summed E-state index contributed by atoms with van der Waals surface area (Å²) in [5.74, 6) is 0.457. The summed E-state index contributed by atoms with van der Waals surface area (Å²) in [6.07, 6.45) is 4.32. The average molecular weight is 223 g/mol. The summed E-state index contributed by atoms with van der Waals surface area (Å²) in [5.41, 5.74) is 7.92. The summed E-state index contributed by atoms with van der Waals surface area (Å²) in [6.45, 7) is 4.95. The molecule has 1 aromatic rings. The van der Waals surface area contributed by atoms with Crippen molar-refractivity contribution in [1.82, 2.24) is 0 Å². The summed E-state index contributed by atoms with van der Waals surface area (Å²) < 4.78 is 13.1. The molecule has 0 heterocycles. The van der Waals surface area contributed by atoms with Crippen LogP contribution < -0.4 is 5.73 Å². The van der Waals surface area contributed by atoms with Crippen molar-refractivity contribution in [3.05, 3.63) is 35.1 Å². The molecule has 16 heavy (non-hydrogen) atoms. The molecule has 0 bridgehead atoms. The molecule has 90 valence electrons. The summed E-state index contributed by atoms with van der Waals surface area (Å²) in [5, 5.41) is 0. The Morgan fingerprint density at radius 1 is 1.31 bits per heavy atom. The third-order valence-corrected chi connectivity index (χ3v) is 3.09. The average Bonchev–Trinajstić information content (AvgIpc) is 2.24. The van der Waals surface area contributed by atoms with E-state index in [4.69, 9.17) is 5.73 Å². The smallest absolute Gasteiger partial charge is 0.123 e. The zero-order valence-corrected chi connectivity index (χ0v) is 10.3. The van der Waals surface area contributed by atoms with Crippen LogP contribution in [0.25, 0.3) is 0 Å². The van der Waals surface area contributed by atoms with Gasteiger partial charge in [-0.1, -0.05) is 25.8 Å². The summed E-state index contributed by atoms with van der Waals surface area (Å²) in [4.78, 5) is 0. The first-order valence-electron chi connectivity index (χ1n) is 6.12. The van der Waals surface area contributed by atoms with E-state index in [9.17, 15) is 4.39 Å². The van der Waals surface area contributed by atoms with E-state index in [1.165, 1.54) is 24.5 Å². The lowest BCUT2D eigenvalue weighted by atomic mass is 9.90. The third kappa shape index (κ3) is 3.93. The highest BCUT2D eigenvalue weighted by Crippen LogP contribution is 2.20. The van der Waals surface area contributed by atoms with Crippen molar-refractivity contribution >= 4 is 0 Å². The molecule has 0 amide bonds. The van der Waals surface area contributed by atoms with Crippen LogP contribution in [0.5, 0.6) is 0 Å². The quantitative estimate of drug-likeness (QED) is 0.785. The van der Waals surface area contributed by atoms with Crippen LogP contribution in [-0.2, 0) is 6.42 Å². The van der Waals surface area contributed by atoms with Crippen molar-refractivity contribution in [3.63, 3.8) is 0 Å². The Labute approximate surface area is 97.9 Å². The van der Waals surface area contributed by atoms with E-state index < -0.39 is 0 Å². The van der Waals surface area contributed by atoms with Gasteiger partial charge in [0.25, 0.3) is 0 Å². The highest BCUT2D eigenvalue weighted by Gasteiger charge is 2.10. The highest BCUT2D eigenvalue weighted by molar-refractivity contribution is 5.26. The van der Waals surface area contributed by atoms with E-state index in [0.717, 1.165) is 24.9 Å². The molecule has 1 nitrogen and oxygen atoms in total. The predicted molar refractivity (Wildman–Crippen MR) is 66.9 cm³/mol. The molecule has 0 aliphatic carbocycles. The highest BCUT2D eigenvalue weighted by atomic mass is 19.1. The van der Waals surface area contributed by atoms with Gasteiger partial charge in [-0.05, 0) is 55.5 Å². The minimum Gasteiger partial charge on any atom is -0.330 e. The van der Waals surface area contributed by atoms with Gasteiger partial charge >= 0.3 is 0 Å². The maximum absolute atomic E-state index is 13.1. The Morgan fingerprint density at radius 2 is 2.06 bits per heavy atom. The van der Waals surface area contributed by atoms with Crippen LogP contribution in [0.2, 0.25) is 0 Å². The van der Waals surface area contributed by atoms with Crippen molar-refractivity contribution in [2.45, 2.75) is 39.5 Å². The minimum atomic E-state index is -0.136. The zero-order valence-electron chi connectivity index (χ0n) is 10.3. The molecule has 0 saturated heterocycles. The van der Waals surface area contributed by atoms with Gasteiger partial charge in [-0.3, -0.25) is 0 Å². The topological polar surface area (TPSA) is 26.0 Å². The second kappa shape index (κ2) is 6.64. The van der Waals surface area contributed by atoms with Gasteiger partial charge in [0.1, 0.15) is 5.82 Å². The van der Waals surface area contributed by atoms with Crippen molar-refractivity contribution < 1.29 is 4.39 Å². The van der Waals surface area contributed by atoms with Crippen LogP contribution in [0.4, 0.5) is 4.39 Å². The predicted octanol–water partition coefficient (Wildman–Crippen LogP) is 3.44. The molecule has 0 saturated carbocycles. The van der Waals surface area contributed by atoms with Gasteiger partial charge in [0, 0.05) is 0 Å². The molecular weight excluding hydrogens is 201 g/mol. The first-order valence-corrected chi connectivity index (χ1v) is 6.12. The molecule has 0 fully saturated rings. The zero-order chi connectivity index (χ0) is 12.0. The van der Waals surface area contributed by atoms with E-state index in [1.54, 1.807) is 6.07 Å². The Morgan fingerprint density at radius 3 is 2.69 bits per heavy atom. The molecule has 1 aromatic carbocycles. The van der Waals surface area contributed by atoms with Gasteiger partial charge in [-0.2, -0.15) is 0 Å². The van der Waals surface area contributed by atoms with Crippen molar-refractivity contribution in [2.24, 2.45) is 11.7 Å². The van der Waals surface area contributed by atoms with Gasteiger partial charge in [-0.25, -0.2) is 4.39 Å². The lowest BCUT2D eigenvalue weighted by Crippen LogP contribution is -2.12. The number of benzene rings is 1. The Kier molecular flexibility index (Phi) is 5.47. The van der Waals surface area contributed by atoms with Crippen LogP contribution >= 0.6 is 0 Å². The summed E-state index contributed by atoms with van der Waals surface area (Å²) >= 11 is 0. The number of nitrogens with two attached hydrogens (primary N) is 1. The fourth-order valence-corrected chi connectivity index (χ4v) is 2.16. The fourth-order valence-electron chi connectivity index (χ4n) is 2.16. The molecule has 1 atom stereocenters. The normalized spacial score (nSPS) is 12.8. The first-order chi connectivity index (χ1) is 7.67. The number of hydrogen-bond acceptors (Lipinski definition) is 1. The van der Waals surface area contributed by atoms with E-state index in [1.807, 2.05) is 13.0 Å². The summed E-state index contributed by atoms with van der Waals surface area (Å²) in [6, 6.07) is 5.04. The van der Waals surface area contributed by atoms with Crippen LogP contribution in [0.3, 0.4) is 0 Å². The molecule has 0 aliphatic rings. The standard InChI is InChI=1S/C14H22FN/c1-3-4-12(7-8-16)9-13-10-14(15)6-5-11(13)2/h5-6,10,12H,3-4,7-9,16H2,1-2H3. The van der Waals surface area contributed by atoms with E-state index >= 15 is 0 Å². The maximum atomic E-state index is 13.1. The van der Waals surface area contributed by atoms with Crippen molar-refractivity contribution in [3.8, 4) is 0 Å². The molecule has 2 N–H and O–H groups in total. The SMILES string of the molecule is CCCC(CCN)Cc1cc(F)ccc1C. The minimum absolute atomic E-state index is 0.136. The molecule has 1 unspecified atom stereocenters. The van der Waals surface area contributed by atoms with Gasteiger partial charge in [0.2, 0.25) is 0 Å². The first kappa shape index (κ1) is 13.2. The van der Waals surface area contributed by atoms with Gasteiger partial charge < -0.3 is 5.73 Å². The molecule has 0 aromatic heterocycles. The van der Waals surface area contributed by atoms with Crippen LogP contribution in [0.15, 0.2) is 18.2 Å². The third-order valence-electron chi connectivity index (χ3n) is 3.09. The van der Waals surface area contributed by atoms with Gasteiger partial charge in [0.15, 0.2) is 0 Å². The molecule has 0 radical (unpaired) electrons. The van der Waals surface area contributed by atoms with Crippen LogP contribution in [0, 0.1) is 18.7 Å². The van der Waals surface area contributed by atoms with Crippen molar-refractivity contribution in [1.29, 1.82) is 0 Å². The number of aryl methyl sites for hydroxylation is 1. The molecule has 0 aliphatic heterocycles.